The molecule has 0 aliphatic carbocycles. The van der Waals surface area contributed by atoms with Gasteiger partial charge in [-0.1, -0.05) is 0 Å². The summed E-state index contributed by atoms with van der Waals surface area (Å²) in [5, 5.41) is 18.3. The van der Waals surface area contributed by atoms with Crippen LogP contribution in [0.15, 0.2) is 30.0 Å². The van der Waals surface area contributed by atoms with E-state index in [0.717, 1.165) is 24.5 Å². The van der Waals surface area contributed by atoms with Gasteiger partial charge in [-0.3, -0.25) is 0 Å². The molecule has 0 radical (unpaired) electrons. The number of carbonyl (C=O) groups is 3. The van der Waals surface area contributed by atoms with Crippen molar-refractivity contribution in [2.45, 2.75) is 6.92 Å². The van der Waals surface area contributed by atoms with Crippen LogP contribution < -0.4 is 0 Å². The van der Waals surface area contributed by atoms with Gasteiger partial charge in [0.25, 0.3) is 0 Å². The van der Waals surface area contributed by atoms with Crippen molar-refractivity contribution in [3.05, 3.63) is 41.2 Å². The van der Waals surface area contributed by atoms with Gasteiger partial charge in [-0.25, -0.2) is 14.4 Å². The van der Waals surface area contributed by atoms with E-state index in [-0.39, 0.29) is 16.7 Å². The first-order valence-corrected chi connectivity index (χ1v) is 5.39. The lowest BCUT2D eigenvalue weighted by atomic mass is 10.1. The SMILES string of the molecule is COC(=O)C(C)=COC(=O)c1ccc(C(=O)O)cc1O. The monoisotopic (exact) mass is 280 g/mol. The van der Waals surface area contributed by atoms with E-state index in [4.69, 9.17) is 5.11 Å². The van der Waals surface area contributed by atoms with Crippen LogP contribution in [0.3, 0.4) is 0 Å². The van der Waals surface area contributed by atoms with Gasteiger partial charge in [-0.2, -0.15) is 0 Å². The number of rotatable bonds is 4. The predicted octanol–water partition coefficient (Wildman–Crippen LogP) is 1.32. The highest BCUT2D eigenvalue weighted by atomic mass is 16.5. The van der Waals surface area contributed by atoms with Gasteiger partial charge < -0.3 is 19.7 Å². The van der Waals surface area contributed by atoms with Gasteiger partial charge in [0.1, 0.15) is 17.6 Å². The number of ether oxygens (including phenoxy) is 2. The van der Waals surface area contributed by atoms with E-state index in [1.807, 2.05) is 0 Å². The lowest BCUT2D eigenvalue weighted by Gasteiger charge is -2.04. The second kappa shape index (κ2) is 6.37. The first-order chi connectivity index (χ1) is 9.36. The van der Waals surface area contributed by atoms with Crippen LogP contribution in [0.1, 0.15) is 27.6 Å². The van der Waals surface area contributed by atoms with E-state index in [1.54, 1.807) is 0 Å². The Balaban J connectivity index is 2.89. The standard InChI is InChI=1S/C13H12O7/c1-7(12(17)19-2)6-20-13(18)9-4-3-8(11(15)16)5-10(9)14/h3-6,14H,1-2H3,(H,15,16). The molecule has 7 nitrogen and oxygen atoms in total. The summed E-state index contributed by atoms with van der Waals surface area (Å²) >= 11 is 0. The van der Waals surface area contributed by atoms with Crippen molar-refractivity contribution < 1.29 is 34.1 Å². The van der Waals surface area contributed by atoms with Crippen LogP contribution in [0.5, 0.6) is 5.75 Å². The molecule has 0 aliphatic heterocycles. The minimum absolute atomic E-state index is 0.0579. The van der Waals surface area contributed by atoms with Crippen molar-refractivity contribution in [3.8, 4) is 5.75 Å². The van der Waals surface area contributed by atoms with Crippen molar-refractivity contribution in [2.24, 2.45) is 0 Å². The molecule has 0 aromatic heterocycles. The van der Waals surface area contributed by atoms with Crippen molar-refractivity contribution >= 4 is 17.9 Å². The first kappa shape index (κ1) is 15.2. The molecule has 0 bridgehead atoms. The summed E-state index contributed by atoms with van der Waals surface area (Å²) in [6.45, 7) is 1.38. The average Bonchev–Trinajstić information content (AvgIpc) is 2.43. The molecule has 0 saturated carbocycles. The summed E-state index contributed by atoms with van der Waals surface area (Å²) in [5.41, 5.74) is -0.327. The molecule has 106 valence electrons. The number of benzene rings is 1. The van der Waals surface area contributed by atoms with Crippen LogP contribution in [0.2, 0.25) is 0 Å². The largest absolute Gasteiger partial charge is 0.507 e. The van der Waals surface area contributed by atoms with E-state index >= 15 is 0 Å². The second-order valence-electron chi connectivity index (χ2n) is 3.73. The van der Waals surface area contributed by atoms with Crippen LogP contribution in [0, 0.1) is 0 Å². The molecule has 1 rings (SSSR count). The molecule has 0 amide bonds. The quantitative estimate of drug-likeness (QED) is 0.486. The van der Waals surface area contributed by atoms with Crippen LogP contribution in [0.4, 0.5) is 0 Å². The zero-order valence-electron chi connectivity index (χ0n) is 10.7. The van der Waals surface area contributed by atoms with E-state index in [9.17, 15) is 19.5 Å². The average molecular weight is 280 g/mol. The van der Waals surface area contributed by atoms with Crippen molar-refractivity contribution in [3.63, 3.8) is 0 Å². The Hall–Kier alpha value is -2.83. The number of carboxylic acids is 1. The van der Waals surface area contributed by atoms with Crippen LogP contribution >= 0.6 is 0 Å². The maximum Gasteiger partial charge on any atom is 0.346 e. The third kappa shape index (κ3) is 3.58. The molecule has 1 aromatic rings. The zero-order valence-corrected chi connectivity index (χ0v) is 10.7. The number of carboxylic acid groups (broad SMARTS) is 1. The number of aromatic carboxylic acids is 1. The van der Waals surface area contributed by atoms with Crippen LogP contribution in [0.25, 0.3) is 0 Å². The number of hydrogen-bond acceptors (Lipinski definition) is 6. The fourth-order valence-electron chi connectivity index (χ4n) is 1.25. The summed E-state index contributed by atoms with van der Waals surface area (Å²) in [5.74, 6) is -3.35. The van der Waals surface area contributed by atoms with Crippen molar-refractivity contribution in [2.75, 3.05) is 7.11 Å². The predicted molar refractivity (Wildman–Crippen MR) is 66.3 cm³/mol. The Morgan fingerprint density at radius 2 is 1.90 bits per heavy atom. The Bertz CT molecular complexity index is 586. The molecule has 0 atom stereocenters. The number of esters is 2. The van der Waals surface area contributed by atoms with Gasteiger partial charge in [0.2, 0.25) is 0 Å². The van der Waals surface area contributed by atoms with Gasteiger partial charge >= 0.3 is 17.9 Å². The van der Waals surface area contributed by atoms with E-state index in [2.05, 4.69) is 9.47 Å². The lowest BCUT2D eigenvalue weighted by molar-refractivity contribution is -0.136. The Morgan fingerprint density at radius 3 is 2.40 bits per heavy atom. The Labute approximate surface area is 114 Å². The molecule has 20 heavy (non-hydrogen) atoms. The number of phenols is 1. The number of phenolic OH excluding ortho intramolecular Hbond substituents is 1. The fourth-order valence-corrected chi connectivity index (χ4v) is 1.25. The lowest BCUT2D eigenvalue weighted by Crippen LogP contribution is -2.06. The molecule has 7 heteroatoms. The smallest absolute Gasteiger partial charge is 0.346 e. The molecule has 0 spiro atoms. The molecule has 0 saturated heterocycles. The number of aromatic hydroxyl groups is 1. The van der Waals surface area contributed by atoms with Crippen LogP contribution in [-0.2, 0) is 14.3 Å². The molecule has 0 aliphatic rings. The Morgan fingerprint density at radius 1 is 1.25 bits per heavy atom. The summed E-state index contributed by atoms with van der Waals surface area (Å²) in [7, 11) is 1.18. The highest BCUT2D eigenvalue weighted by Gasteiger charge is 2.15. The molecular formula is C13H12O7. The number of methoxy groups -OCH3 is 1. The molecule has 0 unspecified atom stereocenters. The molecular weight excluding hydrogens is 268 g/mol. The minimum atomic E-state index is -1.23. The zero-order chi connectivity index (χ0) is 15.3. The maximum atomic E-state index is 11.6. The van der Waals surface area contributed by atoms with Crippen molar-refractivity contribution in [1.29, 1.82) is 0 Å². The summed E-state index contributed by atoms with van der Waals surface area (Å²) < 4.78 is 9.09. The first-order valence-electron chi connectivity index (χ1n) is 5.39. The summed E-state index contributed by atoms with van der Waals surface area (Å²) in [6.07, 6.45) is 0.888. The summed E-state index contributed by atoms with van der Waals surface area (Å²) in [4.78, 5) is 33.4. The number of hydrogen-bond donors (Lipinski definition) is 2. The number of carbonyl (C=O) groups excluding carboxylic acids is 2. The van der Waals surface area contributed by atoms with E-state index in [0.29, 0.717) is 0 Å². The molecule has 1 aromatic carbocycles. The minimum Gasteiger partial charge on any atom is -0.507 e. The van der Waals surface area contributed by atoms with Crippen LogP contribution in [-0.4, -0.2) is 35.2 Å². The van der Waals surface area contributed by atoms with Gasteiger partial charge in [0.15, 0.2) is 0 Å². The van der Waals surface area contributed by atoms with Gasteiger partial charge in [0, 0.05) is 0 Å². The fraction of sp³-hybridized carbons (Fsp3) is 0.154. The molecule has 2 N–H and O–H groups in total. The molecule has 0 heterocycles. The van der Waals surface area contributed by atoms with E-state index < -0.39 is 23.7 Å². The van der Waals surface area contributed by atoms with Gasteiger partial charge in [0.05, 0.1) is 18.2 Å². The second-order valence-corrected chi connectivity index (χ2v) is 3.73. The normalized spacial score (nSPS) is 10.8. The highest BCUT2D eigenvalue weighted by Crippen LogP contribution is 2.20. The van der Waals surface area contributed by atoms with E-state index in [1.165, 1.54) is 14.0 Å². The van der Waals surface area contributed by atoms with Crippen molar-refractivity contribution in [1.82, 2.24) is 0 Å². The third-order valence-electron chi connectivity index (χ3n) is 2.31. The molecule has 0 fully saturated rings. The Kier molecular flexibility index (Phi) is 4.85. The summed E-state index contributed by atoms with van der Waals surface area (Å²) in [6, 6.07) is 3.19. The third-order valence-corrected chi connectivity index (χ3v) is 2.31. The van der Waals surface area contributed by atoms with Gasteiger partial charge in [-0.05, 0) is 25.1 Å². The van der Waals surface area contributed by atoms with Gasteiger partial charge in [-0.15, -0.1) is 0 Å². The topological polar surface area (TPSA) is 110 Å². The maximum absolute atomic E-state index is 11.6. The highest BCUT2D eigenvalue weighted by molar-refractivity contribution is 5.96.